The van der Waals surface area contributed by atoms with Gasteiger partial charge >= 0.3 is 23.9 Å². The Kier molecular flexibility index (Phi) is 16.8. The van der Waals surface area contributed by atoms with Crippen LogP contribution in [0.2, 0.25) is 0 Å². The molecular weight excluding hydrogens is 863 g/mol. The van der Waals surface area contributed by atoms with E-state index in [1.165, 1.54) is 78.4 Å². The van der Waals surface area contributed by atoms with Crippen molar-refractivity contribution in [1.82, 2.24) is 5.32 Å². The second-order valence-corrected chi connectivity index (χ2v) is 25.1. The lowest BCUT2D eigenvalue weighted by Crippen LogP contribution is -2.59. The largest absolute Gasteiger partial charge is 0.481 e. The minimum atomic E-state index is -0.936. The maximum Gasteiger partial charge on any atom is 0.329 e. The van der Waals surface area contributed by atoms with E-state index in [2.05, 4.69) is 46.9 Å². The van der Waals surface area contributed by atoms with Crippen LogP contribution in [0.25, 0.3) is 0 Å². The van der Waals surface area contributed by atoms with Crippen molar-refractivity contribution in [2.24, 2.45) is 92.7 Å². The van der Waals surface area contributed by atoms with E-state index in [9.17, 15) is 29.1 Å². The lowest BCUT2D eigenvalue weighted by molar-refractivity contribution is -0.170. The van der Waals surface area contributed by atoms with E-state index in [0.717, 1.165) is 81.5 Å². The van der Waals surface area contributed by atoms with Gasteiger partial charge < -0.3 is 34.8 Å². The highest BCUT2D eigenvalue weighted by Crippen LogP contribution is 2.70. The van der Waals surface area contributed by atoms with E-state index in [-0.39, 0.29) is 66.4 Å². The number of carbonyl (C=O) groups is 5. The van der Waals surface area contributed by atoms with E-state index in [1.54, 1.807) is 0 Å². The summed E-state index contributed by atoms with van der Waals surface area (Å²) in [6.07, 6.45) is 22.2. The number of carbonyl (C=O) groups excluding carboxylic acids is 3. The lowest BCUT2D eigenvalue weighted by atomic mass is 9.43. The molecule has 0 radical (unpaired) electrons. The molecule has 0 aromatic carbocycles. The van der Waals surface area contributed by atoms with Crippen LogP contribution in [0.3, 0.4) is 0 Å². The normalized spacial score (nSPS) is 43.2. The number of aliphatic hydroxyl groups excluding tert-OH is 1. The van der Waals surface area contributed by atoms with Crippen LogP contribution >= 0.6 is 0 Å². The number of carboxylic acids is 2. The highest BCUT2D eigenvalue weighted by molar-refractivity contribution is 5.80. The van der Waals surface area contributed by atoms with Gasteiger partial charge in [0.2, 0.25) is 5.91 Å². The van der Waals surface area contributed by atoms with Crippen LogP contribution in [0.5, 0.6) is 0 Å². The number of methoxy groups -OCH3 is 2. The third kappa shape index (κ3) is 10.4. The first-order valence-corrected chi connectivity index (χ1v) is 27.4. The number of amides is 1. The molecule has 0 aromatic rings. The van der Waals surface area contributed by atoms with E-state index >= 15 is 0 Å². The molecule has 8 unspecified atom stereocenters. The summed E-state index contributed by atoms with van der Waals surface area (Å²) in [6, 6.07) is 0.131. The monoisotopic (exact) mass is 954 g/mol. The van der Waals surface area contributed by atoms with Gasteiger partial charge in [0.1, 0.15) is 6.61 Å². The van der Waals surface area contributed by atoms with Gasteiger partial charge in [-0.1, -0.05) is 41.5 Å². The first kappa shape index (κ1) is 53.1. The Morgan fingerprint density at radius 1 is 0.574 bits per heavy atom. The van der Waals surface area contributed by atoms with Gasteiger partial charge in [-0.3, -0.25) is 19.2 Å². The molecule has 0 aliphatic heterocycles. The summed E-state index contributed by atoms with van der Waals surface area (Å²) in [5.74, 6) is 5.32. The molecule has 386 valence electrons. The average Bonchev–Trinajstić information content (AvgIpc) is 3.86. The Hall–Kier alpha value is -2.73. The van der Waals surface area contributed by atoms with Crippen molar-refractivity contribution < 1.29 is 53.5 Å². The van der Waals surface area contributed by atoms with Gasteiger partial charge in [-0.05, 0) is 215 Å². The maximum atomic E-state index is 12.2. The van der Waals surface area contributed by atoms with Crippen molar-refractivity contribution in [1.29, 1.82) is 0 Å². The Bertz CT molecular complexity index is 1810. The maximum absolute atomic E-state index is 12.2. The Labute approximate surface area is 408 Å². The molecule has 8 aliphatic carbocycles. The van der Waals surface area contributed by atoms with E-state index in [4.69, 9.17) is 24.4 Å². The Morgan fingerprint density at radius 2 is 1.12 bits per heavy atom. The standard InChI is InChI=1S/C29H47NO6.C27H44O5/c1-17(5-12-27(35)36-4)21-8-9-22-20-7-6-18-15-19(30-25(32)10-11-26(33)34)13-14-28(18,2)23(20)16-24(31)29(21,22)3;1-17(5-10-25(30)31-4)21-8-9-22-20-7-6-18-15-19(32-16-24(28)29)11-13-26(18,2)23(20)12-14-27(21,22)3/h17-24,31H,5-16H2,1-4H3,(H,30,32)(H,33,34);17-23H,5-16H2,1-4H3,(H,28,29)/t17?,18-,19-,20?,21-,22?,23?,24+,28+,29-;17?,18-,19-,20?,21-,22?,23?,26+,27-/m11/s1. The number of fused-ring (bicyclic) bond motifs is 10. The summed E-state index contributed by atoms with van der Waals surface area (Å²) in [5.41, 5.74) is 0.904. The number of esters is 2. The SMILES string of the molecule is COC(=O)CCC(C)[C@H]1CCC2C3CC[C@@H]4C[C@H](NC(=O)CCC(=O)O)CC[C@]4(C)C3C[C@H](O)[C@@]21C.COC(=O)CCC(C)[C@H]1CCC2C3CC[C@@H]4C[C@H](OCC(=O)O)CC[C@]4(C)C3CC[C@@]21C. The van der Waals surface area contributed by atoms with Gasteiger partial charge in [-0.15, -0.1) is 0 Å². The van der Waals surface area contributed by atoms with Gasteiger partial charge in [-0.25, -0.2) is 4.79 Å². The summed E-state index contributed by atoms with van der Waals surface area (Å²) in [5, 5.41) is 32.6. The molecule has 0 spiro atoms. The lowest BCUT2D eigenvalue weighted by Gasteiger charge is -2.62. The van der Waals surface area contributed by atoms with Gasteiger partial charge in [0.15, 0.2) is 0 Å². The van der Waals surface area contributed by atoms with Crippen LogP contribution < -0.4 is 5.32 Å². The zero-order valence-electron chi connectivity index (χ0n) is 43.2. The summed E-state index contributed by atoms with van der Waals surface area (Å²) in [7, 11) is 2.94. The third-order valence-electron chi connectivity index (χ3n) is 22.3. The van der Waals surface area contributed by atoms with E-state index in [1.807, 2.05) is 0 Å². The number of aliphatic hydroxyl groups is 1. The quantitative estimate of drug-likeness (QED) is 0.115. The van der Waals surface area contributed by atoms with Crippen molar-refractivity contribution in [2.45, 2.75) is 207 Å². The highest BCUT2D eigenvalue weighted by atomic mass is 16.5. The molecule has 1 amide bonds. The number of nitrogens with one attached hydrogen (secondary N) is 1. The summed E-state index contributed by atoms with van der Waals surface area (Å²) < 4.78 is 15.5. The van der Waals surface area contributed by atoms with Crippen LogP contribution in [0.15, 0.2) is 0 Å². The second-order valence-electron chi connectivity index (χ2n) is 25.1. The Balaban J connectivity index is 0.000000203. The first-order valence-electron chi connectivity index (χ1n) is 27.4. The minimum Gasteiger partial charge on any atom is -0.481 e. The van der Waals surface area contributed by atoms with Gasteiger partial charge in [0.25, 0.3) is 0 Å². The molecule has 12 nitrogen and oxygen atoms in total. The topological polar surface area (TPSA) is 186 Å². The van der Waals surface area contributed by atoms with Crippen molar-refractivity contribution in [3.05, 3.63) is 0 Å². The zero-order valence-corrected chi connectivity index (χ0v) is 43.2. The molecule has 8 fully saturated rings. The fraction of sp³-hybridized carbons (Fsp3) is 0.911. The number of ether oxygens (including phenoxy) is 3. The number of carboxylic acid groups (broad SMARTS) is 2. The second kappa shape index (κ2) is 21.5. The molecule has 4 N–H and O–H groups in total. The molecule has 8 saturated carbocycles. The van der Waals surface area contributed by atoms with Crippen molar-refractivity contribution in [3.63, 3.8) is 0 Å². The van der Waals surface area contributed by atoms with Crippen molar-refractivity contribution >= 4 is 29.8 Å². The highest BCUT2D eigenvalue weighted by Gasteiger charge is 2.64. The zero-order chi connectivity index (χ0) is 49.3. The fourth-order valence-corrected chi connectivity index (χ4v) is 18.7. The van der Waals surface area contributed by atoms with Crippen LogP contribution in [-0.4, -0.2) is 84.2 Å². The van der Waals surface area contributed by atoms with Crippen LogP contribution in [0.4, 0.5) is 0 Å². The summed E-state index contributed by atoms with van der Waals surface area (Å²) in [4.78, 5) is 57.4. The smallest absolute Gasteiger partial charge is 0.329 e. The molecular formula is C56H91NO11. The fourth-order valence-electron chi connectivity index (χ4n) is 18.7. The van der Waals surface area contributed by atoms with Crippen LogP contribution in [-0.2, 0) is 38.2 Å². The predicted molar refractivity (Wildman–Crippen MR) is 259 cm³/mol. The Morgan fingerprint density at radius 3 is 1.75 bits per heavy atom. The molecule has 8 aliphatic rings. The van der Waals surface area contributed by atoms with Gasteiger partial charge in [-0.2, -0.15) is 0 Å². The molecule has 19 atom stereocenters. The number of hydrogen-bond acceptors (Lipinski definition) is 9. The van der Waals surface area contributed by atoms with Crippen LogP contribution in [0, 0.1) is 92.7 Å². The summed E-state index contributed by atoms with van der Waals surface area (Å²) in [6.45, 7) is 14.4. The number of aliphatic carboxylic acids is 2. The summed E-state index contributed by atoms with van der Waals surface area (Å²) >= 11 is 0. The van der Waals surface area contributed by atoms with Gasteiger partial charge in [0.05, 0.1) is 32.8 Å². The van der Waals surface area contributed by atoms with E-state index < -0.39 is 11.9 Å². The van der Waals surface area contributed by atoms with Gasteiger partial charge in [0, 0.05) is 25.3 Å². The third-order valence-corrected chi connectivity index (χ3v) is 22.3. The van der Waals surface area contributed by atoms with E-state index in [0.29, 0.717) is 71.0 Å². The molecule has 68 heavy (non-hydrogen) atoms. The molecule has 0 bridgehead atoms. The molecule has 0 aromatic heterocycles. The first-order chi connectivity index (χ1) is 32.2. The van der Waals surface area contributed by atoms with Crippen LogP contribution in [0.1, 0.15) is 189 Å². The number of hydrogen-bond donors (Lipinski definition) is 4. The van der Waals surface area contributed by atoms with Crippen molar-refractivity contribution in [2.75, 3.05) is 20.8 Å². The number of rotatable bonds is 15. The molecule has 0 saturated heterocycles. The average molecular weight is 954 g/mol. The predicted octanol–water partition coefficient (Wildman–Crippen LogP) is 10.3. The molecule has 12 heteroatoms. The molecule has 8 rings (SSSR count). The minimum absolute atomic E-state index is 0.0458. The molecule has 0 heterocycles. The van der Waals surface area contributed by atoms with Crippen molar-refractivity contribution in [3.8, 4) is 0 Å².